The van der Waals surface area contributed by atoms with E-state index in [1.54, 1.807) is 11.3 Å². The van der Waals surface area contributed by atoms with E-state index in [1.807, 2.05) is 12.4 Å². The molecule has 1 saturated heterocycles. The van der Waals surface area contributed by atoms with E-state index in [1.165, 1.54) is 0 Å². The van der Waals surface area contributed by atoms with Crippen LogP contribution in [0, 0.1) is 12.8 Å². The lowest BCUT2D eigenvalue weighted by Gasteiger charge is -2.27. The summed E-state index contributed by atoms with van der Waals surface area (Å²) in [6.45, 7) is 5.72. The minimum Gasteiger partial charge on any atom is -0.350 e. The smallest absolute Gasteiger partial charge is 0.237 e. The van der Waals surface area contributed by atoms with Gasteiger partial charge in [0.15, 0.2) is 0 Å². The highest BCUT2D eigenvalue weighted by Gasteiger charge is 2.24. The molecule has 0 bridgehead atoms. The Hall–Kier alpha value is -0.940. The van der Waals surface area contributed by atoms with Crippen LogP contribution < -0.4 is 10.6 Å². The quantitative estimate of drug-likeness (QED) is 0.857. The van der Waals surface area contributed by atoms with Crippen LogP contribution in [0.1, 0.15) is 30.3 Å². The van der Waals surface area contributed by atoms with Crippen LogP contribution in [0.25, 0.3) is 0 Å². The summed E-state index contributed by atoms with van der Waals surface area (Å²) in [6, 6.07) is -0.0213. The van der Waals surface area contributed by atoms with E-state index in [0.29, 0.717) is 12.5 Å². The molecule has 2 unspecified atom stereocenters. The first-order chi connectivity index (χ1) is 8.16. The topological polar surface area (TPSA) is 54.0 Å². The minimum absolute atomic E-state index is 0.0213. The number of rotatable bonds is 3. The van der Waals surface area contributed by atoms with E-state index >= 15 is 0 Å². The Bertz CT molecular complexity index is 391. The van der Waals surface area contributed by atoms with Crippen molar-refractivity contribution in [2.45, 2.75) is 39.3 Å². The summed E-state index contributed by atoms with van der Waals surface area (Å²) in [5.74, 6) is 0.751. The van der Waals surface area contributed by atoms with Crippen molar-refractivity contribution < 1.29 is 4.79 Å². The fraction of sp³-hybridized carbons (Fsp3) is 0.667. The first kappa shape index (κ1) is 12.5. The molecule has 2 atom stereocenters. The highest BCUT2D eigenvalue weighted by Crippen LogP contribution is 2.16. The Morgan fingerprint density at radius 3 is 3.18 bits per heavy atom. The van der Waals surface area contributed by atoms with E-state index in [9.17, 15) is 4.79 Å². The van der Waals surface area contributed by atoms with Crippen molar-refractivity contribution in [3.8, 4) is 0 Å². The van der Waals surface area contributed by atoms with Crippen LogP contribution in [0.2, 0.25) is 0 Å². The molecule has 2 N–H and O–H groups in total. The Morgan fingerprint density at radius 1 is 1.71 bits per heavy atom. The summed E-state index contributed by atoms with van der Waals surface area (Å²) in [6.07, 6.45) is 2.10. The number of aryl methyl sites for hydroxylation is 1. The molecule has 17 heavy (non-hydrogen) atoms. The highest BCUT2D eigenvalue weighted by molar-refractivity contribution is 7.09. The SMILES string of the molecule is Cc1ncsc1CNC(=O)C1CC(C)CCN1. The molecule has 1 aromatic rings. The predicted octanol–water partition coefficient (Wildman–Crippen LogP) is 1.46. The highest BCUT2D eigenvalue weighted by atomic mass is 32.1. The number of nitrogens with zero attached hydrogens (tertiary/aromatic N) is 1. The maximum Gasteiger partial charge on any atom is 0.237 e. The zero-order valence-electron chi connectivity index (χ0n) is 10.3. The van der Waals surface area contributed by atoms with Crippen LogP contribution in [0.15, 0.2) is 5.51 Å². The predicted molar refractivity (Wildman–Crippen MR) is 68.9 cm³/mol. The standard InChI is InChI=1S/C12H19N3OS/c1-8-3-4-13-10(5-8)12(16)14-6-11-9(2)15-7-17-11/h7-8,10,13H,3-6H2,1-2H3,(H,14,16). The molecular weight excluding hydrogens is 234 g/mol. The van der Waals surface area contributed by atoms with Crippen LogP contribution in [-0.2, 0) is 11.3 Å². The summed E-state index contributed by atoms with van der Waals surface area (Å²) >= 11 is 1.59. The summed E-state index contributed by atoms with van der Waals surface area (Å²) < 4.78 is 0. The van der Waals surface area contributed by atoms with Gasteiger partial charge in [0.2, 0.25) is 5.91 Å². The van der Waals surface area contributed by atoms with Crippen LogP contribution in [0.4, 0.5) is 0 Å². The average Bonchev–Trinajstić information content (AvgIpc) is 2.72. The number of nitrogens with one attached hydrogen (secondary N) is 2. The largest absolute Gasteiger partial charge is 0.350 e. The first-order valence-electron chi connectivity index (χ1n) is 6.07. The van der Waals surface area contributed by atoms with Gasteiger partial charge in [-0.1, -0.05) is 6.92 Å². The van der Waals surface area contributed by atoms with E-state index in [4.69, 9.17) is 0 Å². The third kappa shape index (κ3) is 3.26. The molecule has 1 aliphatic heterocycles. The van der Waals surface area contributed by atoms with E-state index in [-0.39, 0.29) is 11.9 Å². The molecule has 1 amide bonds. The lowest BCUT2D eigenvalue weighted by Crippen LogP contribution is -2.48. The van der Waals surface area contributed by atoms with Gasteiger partial charge in [0.1, 0.15) is 0 Å². The molecule has 1 aromatic heterocycles. The number of amides is 1. The Morgan fingerprint density at radius 2 is 2.53 bits per heavy atom. The summed E-state index contributed by atoms with van der Waals surface area (Å²) in [5.41, 5.74) is 2.83. The third-order valence-electron chi connectivity index (χ3n) is 3.25. The Kier molecular flexibility index (Phi) is 4.12. The number of aromatic nitrogens is 1. The van der Waals surface area contributed by atoms with Crippen molar-refractivity contribution in [2.24, 2.45) is 5.92 Å². The fourth-order valence-corrected chi connectivity index (χ4v) is 2.81. The van der Waals surface area contributed by atoms with Crippen molar-refractivity contribution >= 4 is 17.2 Å². The second-order valence-corrected chi connectivity index (χ2v) is 5.65. The molecule has 0 aromatic carbocycles. The van der Waals surface area contributed by atoms with Gasteiger partial charge in [-0.05, 0) is 32.2 Å². The Labute approximate surface area is 106 Å². The van der Waals surface area contributed by atoms with Crippen LogP contribution >= 0.6 is 11.3 Å². The maximum absolute atomic E-state index is 12.0. The number of carbonyl (C=O) groups is 1. The van der Waals surface area contributed by atoms with Gasteiger partial charge in [0, 0.05) is 4.88 Å². The van der Waals surface area contributed by atoms with Gasteiger partial charge in [-0.25, -0.2) is 4.98 Å². The Balaban J connectivity index is 1.83. The fourth-order valence-electron chi connectivity index (χ4n) is 2.09. The van der Waals surface area contributed by atoms with Crippen LogP contribution in [0.3, 0.4) is 0 Å². The number of hydrogen-bond donors (Lipinski definition) is 2. The summed E-state index contributed by atoms with van der Waals surface area (Å²) in [5, 5.41) is 6.25. The van der Waals surface area contributed by atoms with Crippen LogP contribution in [-0.4, -0.2) is 23.5 Å². The molecule has 94 valence electrons. The second-order valence-electron chi connectivity index (χ2n) is 4.72. The monoisotopic (exact) mass is 253 g/mol. The van der Waals surface area contributed by atoms with Gasteiger partial charge in [0.05, 0.1) is 23.8 Å². The molecule has 0 radical (unpaired) electrons. The average molecular weight is 253 g/mol. The molecule has 1 fully saturated rings. The number of hydrogen-bond acceptors (Lipinski definition) is 4. The molecule has 1 aliphatic rings. The number of carbonyl (C=O) groups excluding carboxylic acids is 1. The lowest BCUT2D eigenvalue weighted by molar-refractivity contribution is -0.124. The molecule has 2 rings (SSSR count). The van der Waals surface area contributed by atoms with E-state index in [2.05, 4.69) is 22.5 Å². The zero-order valence-corrected chi connectivity index (χ0v) is 11.1. The third-order valence-corrected chi connectivity index (χ3v) is 4.19. The van der Waals surface area contributed by atoms with Crippen molar-refractivity contribution in [2.75, 3.05) is 6.54 Å². The number of thiazole rings is 1. The van der Waals surface area contributed by atoms with Gasteiger partial charge in [-0.2, -0.15) is 0 Å². The van der Waals surface area contributed by atoms with Crippen molar-refractivity contribution in [3.63, 3.8) is 0 Å². The maximum atomic E-state index is 12.0. The summed E-state index contributed by atoms with van der Waals surface area (Å²) in [4.78, 5) is 17.3. The molecule has 2 heterocycles. The van der Waals surface area contributed by atoms with Gasteiger partial charge >= 0.3 is 0 Å². The van der Waals surface area contributed by atoms with Gasteiger partial charge in [-0.15, -0.1) is 11.3 Å². The van der Waals surface area contributed by atoms with Crippen molar-refractivity contribution in [1.29, 1.82) is 0 Å². The molecule has 0 saturated carbocycles. The van der Waals surface area contributed by atoms with Crippen molar-refractivity contribution in [3.05, 3.63) is 16.1 Å². The minimum atomic E-state index is -0.0213. The van der Waals surface area contributed by atoms with Crippen LogP contribution in [0.5, 0.6) is 0 Å². The van der Waals surface area contributed by atoms with E-state index in [0.717, 1.165) is 30.0 Å². The van der Waals surface area contributed by atoms with Gasteiger partial charge < -0.3 is 10.6 Å². The molecule has 0 spiro atoms. The molecular formula is C12H19N3OS. The lowest BCUT2D eigenvalue weighted by atomic mass is 9.94. The molecule has 0 aliphatic carbocycles. The first-order valence-corrected chi connectivity index (χ1v) is 6.95. The van der Waals surface area contributed by atoms with Crippen molar-refractivity contribution in [1.82, 2.24) is 15.6 Å². The van der Waals surface area contributed by atoms with Gasteiger partial charge in [0.25, 0.3) is 0 Å². The summed E-state index contributed by atoms with van der Waals surface area (Å²) in [7, 11) is 0. The second kappa shape index (κ2) is 5.60. The molecule has 5 heteroatoms. The number of piperidine rings is 1. The van der Waals surface area contributed by atoms with Gasteiger partial charge in [-0.3, -0.25) is 4.79 Å². The normalized spacial score (nSPS) is 24.6. The zero-order chi connectivity index (χ0) is 12.3. The van der Waals surface area contributed by atoms with E-state index < -0.39 is 0 Å². The molecule has 4 nitrogen and oxygen atoms in total.